The van der Waals surface area contributed by atoms with Crippen molar-refractivity contribution in [1.29, 1.82) is 5.26 Å². The predicted octanol–water partition coefficient (Wildman–Crippen LogP) is 2.34. The molecule has 5 heteroatoms. The van der Waals surface area contributed by atoms with Crippen LogP contribution in [-0.4, -0.2) is 17.6 Å². The topological polar surface area (TPSA) is 73.1 Å². The molecule has 1 unspecified atom stereocenters. The van der Waals surface area contributed by atoms with Crippen molar-refractivity contribution in [2.45, 2.75) is 6.92 Å². The van der Waals surface area contributed by atoms with Gasteiger partial charge in [-0.1, -0.05) is 18.5 Å². The molecular weight excluding hydrogens is 228 g/mol. The summed E-state index contributed by atoms with van der Waals surface area (Å²) < 4.78 is 0. The van der Waals surface area contributed by atoms with Gasteiger partial charge in [0.2, 0.25) is 0 Å². The Morgan fingerprint density at radius 3 is 2.94 bits per heavy atom. The van der Waals surface area contributed by atoms with Crippen molar-refractivity contribution >= 4 is 23.3 Å². The van der Waals surface area contributed by atoms with Gasteiger partial charge >= 0.3 is 5.97 Å². The third-order valence-electron chi connectivity index (χ3n) is 2.12. The summed E-state index contributed by atoms with van der Waals surface area (Å²) in [5.41, 5.74) is 1.00. The number of carboxylic acids is 1. The molecule has 2 N–H and O–H groups in total. The lowest BCUT2D eigenvalue weighted by molar-refractivity contribution is -0.140. The van der Waals surface area contributed by atoms with Gasteiger partial charge in [-0.25, -0.2) is 0 Å². The van der Waals surface area contributed by atoms with Crippen LogP contribution in [0.25, 0.3) is 0 Å². The highest BCUT2D eigenvalue weighted by molar-refractivity contribution is 6.30. The predicted molar refractivity (Wildman–Crippen MR) is 61.5 cm³/mol. The van der Waals surface area contributed by atoms with Crippen LogP contribution in [0.1, 0.15) is 12.5 Å². The number of carboxylic acid groups (broad SMARTS) is 1. The van der Waals surface area contributed by atoms with Crippen LogP contribution in [-0.2, 0) is 4.79 Å². The lowest BCUT2D eigenvalue weighted by atomic mass is 10.1. The zero-order valence-corrected chi connectivity index (χ0v) is 9.45. The molecule has 0 aliphatic heterocycles. The summed E-state index contributed by atoms with van der Waals surface area (Å²) in [4.78, 5) is 10.6. The van der Waals surface area contributed by atoms with E-state index in [0.717, 1.165) is 0 Å². The normalized spacial score (nSPS) is 11.6. The Hall–Kier alpha value is -1.73. The van der Waals surface area contributed by atoms with Crippen molar-refractivity contribution in [2.24, 2.45) is 5.92 Å². The maximum absolute atomic E-state index is 10.6. The molecule has 84 valence electrons. The van der Waals surface area contributed by atoms with Crippen LogP contribution in [0.2, 0.25) is 5.02 Å². The van der Waals surface area contributed by atoms with Crippen LogP contribution in [0.4, 0.5) is 5.69 Å². The van der Waals surface area contributed by atoms with Crippen molar-refractivity contribution in [3.8, 4) is 6.07 Å². The van der Waals surface area contributed by atoms with E-state index in [1.807, 2.05) is 6.07 Å². The second kappa shape index (κ2) is 5.38. The molecule has 0 saturated heterocycles. The third-order valence-corrected chi connectivity index (χ3v) is 2.36. The van der Waals surface area contributed by atoms with Crippen molar-refractivity contribution < 1.29 is 9.90 Å². The Balaban J connectivity index is 2.75. The Morgan fingerprint density at radius 1 is 1.69 bits per heavy atom. The number of nitrogens with zero attached hydrogens (tertiary/aromatic N) is 1. The van der Waals surface area contributed by atoms with Crippen molar-refractivity contribution in [2.75, 3.05) is 11.9 Å². The van der Waals surface area contributed by atoms with Gasteiger partial charge in [-0.15, -0.1) is 0 Å². The SMILES string of the molecule is CC(CNc1ccc(Cl)cc1C#N)C(=O)O. The molecule has 1 rings (SSSR count). The fourth-order valence-corrected chi connectivity index (χ4v) is 1.29. The maximum Gasteiger partial charge on any atom is 0.308 e. The minimum absolute atomic E-state index is 0.269. The van der Waals surface area contributed by atoms with E-state index in [1.165, 1.54) is 6.07 Å². The van der Waals surface area contributed by atoms with E-state index in [0.29, 0.717) is 16.3 Å². The van der Waals surface area contributed by atoms with Gasteiger partial charge in [-0.2, -0.15) is 5.26 Å². The first-order valence-electron chi connectivity index (χ1n) is 4.71. The van der Waals surface area contributed by atoms with Gasteiger partial charge in [0.1, 0.15) is 6.07 Å². The number of rotatable bonds is 4. The van der Waals surface area contributed by atoms with Gasteiger partial charge in [0, 0.05) is 11.6 Å². The Bertz CT molecular complexity index is 440. The number of nitriles is 1. The molecule has 0 aliphatic rings. The average Bonchev–Trinajstić information content (AvgIpc) is 2.26. The van der Waals surface area contributed by atoms with Gasteiger partial charge in [-0.3, -0.25) is 4.79 Å². The van der Waals surface area contributed by atoms with Crippen LogP contribution in [0.3, 0.4) is 0 Å². The number of halogens is 1. The molecule has 0 aliphatic carbocycles. The monoisotopic (exact) mass is 238 g/mol. The van der Waals surface area contributed by atoms with Gasteiger partial charge in [0.05, 0.1) is 17.2 Å². The van der Waals surface area contributed by atoms with Crippen LogP contribution in [0, 0.1) is 17.2 Å². The Morgan fingerprint density at radius 2 is 2.38 bits per heavy atom. The van der Waals surface area contributed by atoms with Crippen LogP contribution in [0.15, 0.2) is 18.2 Å². The summed E-state index contributed by atoms with van der Waals surface area (Å²) in [6.45, 7) is 1.86. The van der Waals surface area contributed by atoms with E-state index in [1.54, 1.807) is 19.1 Å². The molecule has 0 saturated carbocycles. The first-order valence-corrected chi connectivity index (χ1v) is 5.08. The Labute approximate surface area is 98.5 Å². The number of hydrogen-bond donors (Lipinski definition) is 2. The first-order chi connectivity index (χ1) is 7.54. The minimum atomic E-state index is -0.875. The number of benzene rings is 1. The van der Waals surface area contributed by atoms with Crippen LogP contribution < -0.4 is 5.32 Å². The lowest BCUT2D eigenvalue weighted by Gasteiger charge is -2.10. The summed E-state index contributed by atoms with van der Waals surface area (Å²) in [7, 11) is 0. The number of hydrogen-bond acceptors (Lipinski definition) is 3. The summed E-state index contributed by atoms with van der Waals surface area (Å²) in [5, 5.41) is 20.9. The molecule has 1 aromatic carbocycles. The van der Waals surface area contributed by atoms with Crippen molar-refractivity contribution in [3.05, 3.63) is 28.8 Å². The van der Waals surface area contributed by atoms with E-state index in [2.05, 4.69) is 5.32 Å². The highest BCUT2D eigenvalue weighted by atomic mass is 35.5. The van der Waals surface area contributed by atoms with Crippen molar-refractivity contribution in [3.63, 3.8) is 0 Å². The summed E-state index contributed by atoms with van der Waals surface area (Å²) in [5.74, 6) is -1.39. The van der Waals surface area contributed by atoms with Crippen LogP contribution >= 0.6 is 11.6 Å². The largest absolute Gasteiger partial charge is 0.481 e. The molecule has 4 nitrogen and oxygen atoms in total. The zero-order chi connectivity index (χ0) is 12.1. The number of aliphatic carboxylic acids is 1. The number of carbonyl (C=O) groups is 1. The summed E-state index contributed by atoms with van der Waals surface area (Å²) in [6.07, 6.45) is 0. The second-order valence-corrected chi connectivity index (χ2v) is 3.86. The van der Waals surface area contributed by atoms with Crippen LogP contribution in [0.5, 0.6) is 0 Å². The third kappa shape index (κ3) is 3.14. The van der Waals surface area contributed by atoms with Gasteiger partial charge in [0.25, 0.3) is 0 Å². The molecule has 1 aromatic rings. The Kier molecular flexibility index (Phi) is 4.15. The lowest BCUT2D eigenvalue weighted by Crippen LogP contribution is -2.19. The second-order valence-electron chi connectivity index (χ2n) is 3.42. The summed E-state index contributed by atoms with van der Waals surface area (Å²) >= 11 is 5.74. The minimum Gasteiger partial charge on any atom is -0.481 e. The molecular formula is C11H11ClN2O2. The zero-order valence-electron chi connectivity index (χ0n) is 8.70. The standard InChI is InChI=1S/C11H11ClN2O2/c1-7(11(15)16)6-14-10-3-2-9(12)4-8(10)5-13/h2-4,7,14H,6H2,1H3,(H,15,16). The van der Waals surface area contributed by atoms with E-state index >= 15 is 0 Å². The quantitative estimate of drug-likeness (QED) is 0.845. The van der Waals surface area contributed by atoms with Gasteiger partial charge in [0.15, 0.2) is 0 Å². The first kappa shape index (κ1) is 12.3. The fraction of sp³-hybridized carbons (Fsp3) is 0.273. The molecule has 0 aromatic heterocycles. The fourth-order valence-electron chi connectivity index (χ4n) is 1.11. The molecule has 0 spiro atoms. The molecule has 0 heterocycles. The highest BCUT2D eigenvalue weighted by Crippen LogP contribution is 2.19. The molecule has 0 fully saturated rings. The van der Waals surface area contributed by atoms with E-state index < -0.39 is 11.9 Å². The molecule has 0 amide bonds. The molecule has 0 bridgehead atoms. The number of anilines is 1. The van der Waals surface area contributed by atoms with Gasteiger partial charge < -0.3 is 10.4 Å². The van der Waals surface area contributed by atoms with E-state index in [4.69, 9.17) is 22.0 Å². The van der Waals surface area contributed by atoms with E-state index in [9.17, 15) is 4.79 Å². The molecule has 0 radical (unpaired) electrons. The summed E-state index contributed by atoms with van der Waals surface area (Å²) in [6, 6.07) is 6.84. The van der Waals surface area contributed by atoms with E-state index in [-0.39, 0.29) is 6.54 Å². The van der Waals surface area contributed by atoms with Crippen molar-refractivity contribution in [1.82, 2.24) is 0 Å². The number of nitrogens with one attached hydrogen (secondary N) is 1. The average molecular weight is 239 g/mol. The smallest absolute Gasteiger partial charge is 0.308 e. The molecule has 16 heavy (non-hydrogen) atoms. The van der Waals surface area contributed by atoms with Gasteiger partial charge in [-0.05, 0) is 18.2 Å². The maximum atomic E-state index is 10.6. The highest BCUT2D eigenvalue weighted by Gasteiger charge is 2.11. The molecule has 1 atom stereocenters.